The lowest BCUT2D eigenvalue weighted by Gasteiger charge is -2.24. The summed E-state index contributed by atoms with van der Waals surface area (Å²) in [5, 5.41) is 4.05. The Labute approximate surface area is 198 Å². The molecule has 2 atom stereocenters. The largest absolute Gasteiger partial charge is 0.493 e. The van der Waals surface area contributed by atoms with Crippen molar-refractivity contribution in [3.63, 3.8) is 0 Å². The van der Waals surface area contributed by atoms with Crippen LogP contribution in [0.15, 0.2) is 36.7 Å². The second kappa shape index (κ2) is 10.1. The Kier molecular flexibility index (Phi) is 6.75. The second-order valence-electron chi connectivity index (χ2n) is 8.61. The number of aryl methyl sites for hydroxylation is 1. The van der Waals surface area contributed by atoms with E-state index in [1.807, 2.05) is 12.1 Å². The van der Waals surface area contributed by atoms with E-state index in [4.69, 9.17) is 18.9 Å². The number of fused-ring (bicyclic) bond motifs is 2. The van der Waals surface area contributed by atoms with Crippen molar-refractivity contribution in [3.05, 3.63) is 48.0 Å². The molecule has 9 heteroatoms. The molecule has 0 aliphatic carbocycles. The summed E-state index contributed by atoms with van der Waals surface area (Å²) in [4.78, 5) is 11.1. The van der Waals surface area contributed by atoms with Crippen molar-refractivity contribution in [2.24, 2.45) is 0 Å². The highest BCUT2D eigenvalue weighted by Gasteiger charge is 2.36. The van der Waals surface area contributed by atoms with Gasteiger partial charge in [-0.15, -0.1) is 0 Å². The van der Waals surface area contributed by atoms with Gasteiger partial charge in [0.15, 0.2) is 11.5 Å². The number of hydrogen-bond acceptors (Lipinski definition) is 8. The molecule has 0 spiro atoms. The molecule has 0 unspecified atom stereocenters. The Balaban J connectivity index is 1.27. The van der Waals surface area contributed by atoms with Crippen LogP contribution in [0, 0.1) is 12.7 Å². The van der Waals surface area contributed by atoms with Crippen LogP contribution in [0.3, 0.4) is 0 Å². The first-order valence-corrected chi connectivity index (χ1v) is 11.5. The molecule has 2 fully saturated rings. The predicted molar refractivity (Wildman–Crippen MR) is 127 cm³/mol. The Hall–Kier alpha value is -3.01. The van der Waals surface area contributed by atoms with E-state index >= 15 is 0 Å². The SMILES string of the molecule is COc1cc2ncnc(Nc3ccc(F)c(C)c3)c2cc1OCCCN1C[C@H]2OCCO[C@@H]2C1. The number of hydrogen-bond donors (Lipinski definition) is 1. The average molecular weight is 469 g/mol. The maximum Gasteiger partial charge on any atom is 0.162 e. The van der Waals surface area contributed by atoms with Crippen LogP contribution in [-0.4, -0.2) is 73.6 Å². The Morgan fingerprint density at radius 2 is 1.88 bits per heavy atom. The zero-order chi connectivity index (χ0) is 23.5. The lowest BCUT2D eigenvalue weighted by atomic mass is 10.2. The van der Waals surface area contributed by atoms with E-state index in [2.05, 4.69) is 20.2 Å². The second-order valence-corrected chi connectivity index (χ2v) is 8.61. The quantitative estimate of drug-likeness (QED) is 0.502. The molecule has 2 aliphatic rings. The molecule has 1 aromatic heterocycles. The van der Waals surface area contributed by atoms with Crippen molar-refractivity contribution in [1.29, 1.82) is 0 Å². The molecule has 0 amide bonds. The summed E-state index contributed by atoms with van der Waals surface area (Å²) in [6.45, 7) is 6.35. The minimum absolute atomic E-state index is 0.186. The fourth-order valence-electron chi connectivity index (χ4n) is 4.49. The smallest absolute Gasteiger partial charge is 0.162 e. The molecule has 180 valence electrons. The molecule has 5 rings (SSSR count). The molecular weight excluding hydrogens is 439 g/mol. The van der Waals surface area contributed by atoms with Crippen LogP contribution in [-0.2, 0) is 9.47 Å². The first-order valence-electron chi connectivity index (χ1n) is 11.5. The Bertz CT molecular complexity index is 1150. The van der Waals surface area contributed by atoms with Gasteiger partial charge < -0.3 is 24.3 Å². The highest BCUT2D eigenvalue weighted by Crippen LogP contribution is 2.35. The molecular formula is C25H29FN4O4. The zero-order valence-corrected chi connectivity index (χ0v) is 19.4. The fourth-order valence-corrected chi connectivity index (χ4v) is 4.49. The summed E-state index contributed by atoms with van der Waals surface area (Å²) < 4.78 is 36.9. The first kappa shape index (κ1) is 22.8. The molecule has 2 aromatic carbocycles. The van der Waals surface area contributed by atoms with Crippen LogP contribution in [0.25, 0.3) is 10.9 Å². The van der Waals surface area contributed by atoms with Gasteiger partial charge in [-0.3, -0.25) is 4.90 Å². The van der Waals surface area contributed by atoms with Gasteiger partial charge in [0.1, 0.15) is 18.0 Å². The summed E-state index contributed by atoms with van der Waals surface area (Å²) >= 11 is 0. The number of likely N-dealkylation sites (tertiary alicyclic amines) is 1. The Morgan fingerprint density at radius 1 is 1.09 bits per heavy atom. The van der Waals surface area contributed by atoms with Crippen molar-refractivity contribution in [1.82, 2.24) is 14.9 Å². The number of ether oxygens (including phenoxy) is 4. The number of anilines is 2. The van der Waals surface area contributed by atoms with Gasteiger partial charge in [0.2, 0.25) is 0 Å². The molecule has 3 aromatic rings. The summed E-state index contributed by atoms with van der Waals surface area (Å²) in [5.74, 6) is 1.61. The van der Waals surface area contributed by atoms with Crippen LogP contribution in [0.1, 0.15) is 12.0 Å². The van der Waals surface area contributed by atoms with E-state index in [1.165, 1.54) is 12.4 Å². The van der Waals surface area contributed by atoms with Gasteiger partial charge in [0, 0.05) is 36.8 Å². The van der Waals surface area contributed by atoms with Crippen molar-refractivity contribution in [2.75, 3.05) is 51.9 Å². The van der Waals surface area contributed by atoms with Crippen LogP contribution in [0.5, 0.6) is 11.5 Å². The monoisotopic (exact) mass is 468 g/mol. The normalized spacial score (nSPS) is 20.3. The third-order valence-electron chi connectivity index (χ3n) is 6.26. The fraction of sp³-hybridized carbons (Fsp3) is 0.440. The Morgan fingerprint density at radius 3 is 2.62 bits per heavy atom. The number of halogens is 1. The minimum Gasteiger partial charge on any atom is -0.493 e. The summed E-state index contributed by atoms with van der Waals surface area (Å²) in [6.07, 6.45) is 2.73. The average Bonchev–Trinajstić information content (AvgIpc) is 3.27. The maximum atomic E-state index is 13.7. The molecule has 3 heterocycles. The topological polar surface area (TPSA) is 78.0 Å². The van der Waals surface area contributed by atoms with Crippen molar-refractivity contribution >= 4 is 22.4 Å². The molecule has 2 aliphatic heterocycles. The highest BCUT2D eigenvalue weighted by molar-refractivity contribution is 5.93. The van der Waals surface area contributed by atoms with Gasteiger partial charge in [-0.1, -0.05) is 0 Å². The lowest BCUT2D eigenvalue weighted by Crippen LogP contribution is -2.36. The van der Waals surface area contributed by atoms with Gasteiger partial charge in [0.25, 0.3) is 0 Å². The third kappa shape index (κ3) is 4.91. The zero-order valence-electron chi connectivity index (χ0n) is 19.4. The number of methoxy groups -OCH3 is 1. The number of nitrogens with one attached hydrogen (secondary N) is 1. The molecule has 34 heavy (non-hydrogen) atoms. The van der Waals surface area contributed by atoms with E-state index < -0.39 is 0 Å². The molecule has 0 bridgehead atoms. The van der Waals surface area contributed by atoms with Crippen LogP contribution in [0.4, 0.5) is 15.9 Å². The van der Waals surface area contributed by atoms with Crippen molar-refractivity contribution in [2.45, 2.75) is 25.6 Å². The molecule has 1 N–H and O–H groups in total. The van der Waals surface area contributed by atoms with E-state index in [1.54, 1.807) is 26.2 Å². The van der Waals surface area contributed by atoms with Crippen LogP contribution in [0.2, 0.25) is 0 Å². The standard InChI is InChI=1S/C25H29FN4O4/c1-16-10-17(4-5-19(16)26)29-25-18-11-22(21(31-2)12-20(18)27-15-28-25)32-7-3-6-30-13-23-24(14-30)34-9-8-33-23/h4-5,10-12,15,23-24H,3,6-9,13-14H2,1-2H3,(H,27,28,29)/t23-,24-/m1/s1. The third-order valence-corrected chi connectivity index (χ3v) is 6.26. The van der Waals surface area contributed by atoms with E-state index in [0.29, 0.717) is 42.7 Å². The molecule has 8 nitrogen and oxygen atoms in total. The predicted octanol–water partition coefficient (Wildman–Crippen LogP) is 3.70. The number of nitrogens with zero attached hydrogens (tertiary/aromatic N) is 3. The molecule has 0 saturated carbocycles. The first-order chi connectivity index (χ1) is 16.6. The number of aromatic nitrogens is 2. The maximum absolute atomic E-state index is 13.7. The molecule has 2 saturated heterocycles. The summed E-state index contributed by atoms with van der Waals surface area (Å²) in [7, 11) is 1.61. The van der Waals surface area contributed by atoms with Gasteiger partial charge >= 0.3 is 0 Å². The molecule has 0 radical (unpaired) electrons. The highest BCUT2D eigenvalue weighted by atomic mass is 19.1. The minimum atomic E-state index is -0.244. The van der Waals surface area contributed by atoms with Crippen LogP contribution >= 0.6 is 0 Å². The van der Waals surface area contributed by atoms with Crippen molar-refractivity contribution in [3.8, 4) is 11.5 Å². The summed E-state index contributed by atoms with van der Waals surface area (Å²) in [6, 6.07) is 8.59. The van der Waals surface area contributed by atoms with E-state index in [0.717, 1.165) is 42.6 Å². The van der Waals surface area contributed by atoms with Gasteiger partial charge in [-0.05, 0) is 43.2 Å². The number of rotatable bonds is 8. The van der Waals surface area contributed by atoms with E-state index in [9.17, 15) is 4.39 Å². The van der Waals surface area contributed by atoms with Crippen molar-refractivity contribution < 1.29 is 23.3 Å². The lowest BCUT2D eigenvalue weighted by molar-refractivity contribution is -0.116. The summed E-state index contributed by atoms with van der Waals surface area (Å²) in [5.41, 5.74) is 2.03. The van der Waals surface area contributed by atoms with Gasteiger partial charge in [-0.2, -0.15) is 0 Å². The van der Waals surface area contributed by atoms with Gasteiger partial charge in [-0.25, -0.2) is 14.4 Å². The number of benzene rings is 2. The van der Waals surface area contributed by atoms with Gasteiger partial charge in [0.05, 0.1) is 44.7 Å². The van der Waals surface area contributed by atoms with E-state index in [-0.39, 0.29) is 18.0 Å². The van der Waals surface area contributed by atoms with Crippen LogP contribution < -0.4 is 14.8 Å².